The topological polar surface area (TPSA) is 90.2 Å². The van der Waals surface area contributed by atoms with E-state index in [4.69, 9.17) is 0 Å². The SMILES string of the molecule is Brc1ccc(-c2nc(-c3cnccn3)nc(-c3cnccn3)n2)cc1. The lowest BCUT2D eigenvalue weighted by atomic mass is 10.2. The Kier molecular flexibility index (Phi) is 4.17. The van der Waals surface area contributed by atoms with Crippen LogP contribution in [0.2, 0.25) is 0 Å². The summed E-state index contributed by atoms with van der Waals surface area (Å²) in [6.45, 7) is 0. The summed E-state index contributed by atoms with van der Waals surface area (Å²) in [7, 11) is 0. The first kappa shape index (κ1) is 15.4. The van der Waals surface area contributed by atoms with E-state index in [2.05, 4.69) is 50.8 Å². The van der Waals surface area contributed by atoms with Gasteiger partial charge in [0, 0.05) is 34.8 Å². The lowest BCUT2D eigenvalue weighted by Crippen LogP contribution is -2.02. The van der Waals surface area contributed by atoms with Crippen LogP contribution in [0.4, 0.5) is 0 Å². The first-order chi connectivity index (χ1) is 12.3. The van der Waals surface area contributed by atoms with Crippen LogP contribution < -0.4 is 0 Å². The quantitative estimate of drug-likeness (QED) is 0.529. The summed E-state index contributed by atoms with van der Waals surface area (Å²) in [6.07, 6.45) is 9.62. The normalized spacial score (nSPS) is 10.6. The van der Waals surface area contributed by atoms with E-state index in [-0.39, 0.29) is 0 Å². The minimum Gasteiger partial charge on any atom is -0.261 e. The first-order valence-corrected chi connectivity index (χ1v) is 8.14. The number of nitrogens with zero attached hydrogens (tertiary/aromatic N) is 7. The molecule has 120 valence electrons. The maximum Gasteiger partial charge on any atom is 0.184 e. The number of hydrogen-bond acceptors (Lipinski definition) is 7. The molecule has 0 fully saturated rings. The highest BCUT2D eigenvalue weighted by Crippen LogP contribution is 2.23. The Balaban J connectivity index is 1.90. The van der Waals surface area contributed by atoms with Crippen LogP contribution in [0.5, 0.6) is 0 Å². The number of halogens is 1. The third kappa shape index (κ3) is 3.38. The van der Waals surface area contributed by atoms with Crippen molar-refractivity contribution in [3.8, 4) is 34.4 Å². The van der Waals surface area contributed by atoms with Gasteiger partial charge < -0.3 is 0 Å². The van der Waals surface area contributed by atoms with Crippen molar-refractivity contribution in [1.29, 1.82) is 0 Å². The molecular formula is C17H10BrN7. The molecule has 0 saturated heterocycles. The fraction of sp³-hybridized carbons (Fsp3) is 0. The fourth-order valence-corrected chi connectivity index (χ4v) is 2.43. The Hall–Kier alpha value is -3.13. The van der Waals surface area contributed by atoms with Gasteiger partial charge in [0.1, 0.15) is 11.4 Å². The molecule has 0 amide bonds. The first-order valence-electron chi connectivity index (χ1n) is 7.34. The number of aromatic nitrogens is 7. The van der Waals surface area contributed by atoms with E-state index in [0.717, 1.165) is 10.0 Å². The van der Waals surface area contributed by atoms with Gasteiger partial charge in [-0.05, 0) is 12.1 Å². The minimum absolute atomic E-state index is 0.432. The van der Waals surface area contributed by atoms with Gasteiger partial charge in [0.05, 0.1) is 12.4 Å². The van der Waals surface area contributed by atoms with Crippen LogP contribution >= 0.6 is 15.9 Å². The van der Waals surface area contributed by atoms with Crippen molar-refractivity contribution >= 4 is 15.9 Å². The Morgan fingerprint density at radius 2 is 1.12 bits per heavy atom. The molecule has 0 radical (unpaired) electrons. The van der Waals surface area contributed by atoms with Crippen LogP contribution in [0.3, 0.4) is 0 Å². The number of benzene rings is 1. The average molecular weight is 392 g/mol. The minimum atomic E-state index is 0.432. The van der Waals surface area contributed by atoms with Gasteiger partial charge in [-0.25, -0.2) is 24.9 Å². The molecule has 0 aliphatic rings. The van der Waals surface area contributed by atoms with Crippen LogP contribution in [0.1, 0.15) is 0 Å². The molecule has 3 heterocycles. The Bertz CT molecular complexity index is 935. The molecule has 1 aromatic carbocycles. The van der Waals surface area contributed by atoms with E-state index in [1.165, 1.54) is 0 Å². The molecule has 0 saturated carbocycles. The second-order valence-corrected chi connectivity index (χ2v) is 5.91. The zero-order valence-corrected chi connectivity index (χ0v) is 14.4. The highest BCUT2D eigenvalue weighted by Gasteiger charge is 2.13. The summed E-state index contributed by atoms with van der Waals surface area (Å²) >= 11 is 3.43. The van der Waals surface area contributed by atoms with Crippen molar-refractivity contribution in [2.75, 3.05) is 0 Å². The fourth-order valence-electron chi connectivity index (χ4n) is 2.16. The molecule has 25 heavy (non-hydrogen) atoms. The van der Waals surface area contributed by atoms with E-state index in [0.29, 0.717) is 28.9 Å². The molecule has 0 aliphatic heterocycles. The molecule has 3 aromatic heterocycles. The Labute approximate surface area is 151 Å². The monoisotopic (exact) mass is 391 g/mol. The molecular weight excluding hydrogens is 382 g/mol. The Morgan fingerprint density at radius 3 is 1.60 bits per heavy atom. The highest BCUT2D eigenvalue weighted by molar-refractivity contribution is 9.10. The second-order valence-electron chi connectivity index (χ2n) is 4.99. The molecule has 0 N–H and O–H groups in total. The largest absolute Gasteiger partial charge is 0.261 e. The molecule has 0 bridgehead atoms. The standard InChI is InChI=1S/C17H10BrN7/c18-12-3-1-11(2-4-12)15-23-16(13-9-19-5-7-21-13)25-17(24-15)14-10-20-6-8-22-14/h1-10H. The van der Waals surface area contributed by atoms with E-state index in [1.807, 2.05) is 24.3 Å². The summed E-state index contributed by atoms with van der Waals surface area (Å²) < 4.78 is 0.980. The van der Waals surface area contributed by atoms with Crippen LogP contribution in [0.25, 0.3) is 34.4 Å². The smallest absolute Gasteiger partial charge is 0.184 e. The van der Waals surface area contributed by atoms with Gasteiger partial charge in [-0.2, -0.15) is 0 Å². The van der Waals surface area contributed by atoms with E-state index >= 15 is 0 Å². The molecule has 0 atom stereocenters. The predicted octanol–water partition coefficient (Wildman–Crippen LogP) is 3.22. The van der Waals surface area contributed by atoms with Gasteiger partial charge in [-0.1, -0.05) is 28.1 Å². The Morgan fingerprint density at radius 1 is 0.600 bits per heavy atom. The van der Waals surface area contributed by atoms with Gasteiger partial charge in [0.25, 0.3) is 0 Å². The van der Waals surface area contributed by atoms with Crippen LogP contribution in [0, 0.1) is 0 Å². The van der Waals surface area contributed by atoms with E-state index in [1.54, 1.807) is 37.2 Å². The average Bonchev–Trinajstić information content (AvgIpc) is 2.69. The van der Waals surface area contributed by atoms with Crippen molar-refractivity contribution in [3.05, 3.63) is 65.9 Å². The predicted molar refractivity (Wildman–Crippen MR) is 95.0 cm³/mol. The molecule has 4 aromatic rings. The third-order valence-corrected chi connectivity index (χ3v) is 3.85. The van der Waals surface area contributed by atoms with Gasteiger partial charge in [-0.3, -0.25) is 9.97 Å². The molecule has 0 unspecified atom stereocenters. The summed E-state index contributed by atoms with van der Waals surface area (Å²) in [4.78, 5) is 30.3. The molecule has 0 aliphatic carbocycles. The van der Waals surface area contributed by atoms with Crippen molar-refractivity contribution in [3.63, 3.8) is 0 Å². The van der Waals surface area contributed by atoms with Gasteiger partial charge in [0.2, 0.25) is 0 Å². The zero-order valence-electron chi connectivity index (χ0n) is 12.8. The summed E-state index contributed by atoms with van der Waals surface area (Å²) in [6, 6.07) is 7.73. The number of hydrogen-bond donors (Lipinski definition) is 0. The zero-order chi connectivity index (χ0) is 17.1. The maximum atomic E-state index is 4.54. The van der Waals surface area contributed by atoms with Crippen molar-refractivity contribution < 1.29 is 0 Å². The van der Waals surface area contributed by atoms with Crippen molar-refractivity contribution in [1.82, 2.24) is 34.9 Å². The van der Waals surface area contributed by atoms with E-state index < -0.39 is 0 Å². The number of rotatable bonds is 3. The summed E-state index contributed by atoms with van der Waals surface area (Å²) in [5.41, 5.74) is 1.99. The van der Waals surface area contributed by atoms with Crippen LogP contribution in [0.15, 0.2) is 65.9 Å². The lowest BCUT2D eigenvalue weighted by Gasteiger charge is -2.06. The van der Waals surface area contributed by atoms with Gasteiger partial charge >= 0.3 is 0 Å². The summed E-state index contributed by atoms with van der Waals surface area (Å²) in [5, 5.41) is 0. The van der Waals surface area contributed by atoms with Crippen LogP contribution in [-0.4, -0.2) is 34.9 Å². The summed E-state index contributed by atoms with van der Waals surface area (Å²) in [5.74, 6) is 1.40. The second kappa shape index (κ2) is 6.78. The lowest BCUT2D eigenvalue weighted by molar-refractivity contribution is 1.03. The van der Waals surface area contributed by atoms with Crippen LogP contribution in [-0.2, 0) is 0 Å². The highest BCUT2D eigenvalue weighted by atomic mass is 79.9. The van der Waals surface area contributed by atoms with Gasteiger partial charge in [-0.15, -0.1) is 0 Å². The van der Waals surface area contributed by atoms with Crippen molar-refractivity contribution in [2.45, 2.75) is 0 Å². The molecule has 7 nitrogen and oxygen atoms in total. The molecule has 0 spiro atoms. The molecule has 4 rings (SSSR count). The van der Waals surface area contributed by atoms with E-state index in [9.17, 15) is 0 Å². The maximum absolute atomic E-state index is 4.54. The molecule has 8 heteroatoms. The third-order valence-electron chi connectivity index (χ3n) is 3.32. The van der Waals surface area contributed by atoms with Gasteiger partial charge in [0.15, 0.2) is 17.5 Å². The van der Waals surface area contributed by atoms with Crippen molar-refractivity contribution in [2.24, 2.45) is 0 Å².